The van der Waals surface area contributed by atoms with E-state index in [1.54, 1.807) is 29.2 Å². The van der Waals surface area contributed by atoms with Crippen molar-refractivity contribution in [3.8, 4) is 0 Å². The highest BCUT2D eigenvalue weighted by Gasteiger charge is 2.54. The molecule has 0 aromatic heterocycles. The molecule has 1 atom stereocenters. The van der Waals surface area contributed by atoms with Crippen LogP contribution in [0.2, 0.25) is 0 Å². The maximum atomic E-state index is 12.9. The number of carbonyl (C=O) groups is 3. The third kappa shape index (κ3) is 3.07. The molecule has 28 heavy (non-hydrogen) atoms. The second kappa shape index (κ2) is 6.58. The summed E-state index contributed by atoms with van der Waals surface area (Å²) in [7, 11) is 0. The fraction of sp³-hybridized carbons (Fsp3) is 0.571. The first kappa shape index (κ1) is 18.9. The number of fused-ring (bicyclic) bond motifs is 1. The third-order valence-electron chi connectivity index (χ3n) is 5.92. The number of likely N-dealkylation sites (tertiary alicyclic amines) is 1. The molecule has 1 aromatic rings. The van der Waals surface area contributed by atoms with Crippen molar-refractivity contribution >= 4 is 17.9 Å². The maximum Gasteiger partial charge on any atom is 0.410 e. The molecular formula is C21H26N2O5. The molecule has 0 aliphatic carbocycles. The molecule has 7 nitrogen and oxygen atoms in total. The normalized spacial score (nSPS) is 24.0. The van der Waals surface area contributed by atoms with Crippen LogP contribution in [0.5, 0.6) is 0 Å². The standard InChI is InChI=1S/C21H26N2O5/c1-20(2,3)28-19(26)22-10-8-21(9-11-22)13-27-12-16(21)23-17(24)14-6-4-5-7-15(14)18(23)25/h4-7,16H,8-13H2,1-3H3. The van der Waals surface area contributed by atoms with Crippen LogP contribution in [0.15, 0.2) is 24.3 Å². The molecule has 7 heteroatoms. The molecular weight excluding hydrogens is 360 g/mol. The van der Waals surface area contributed by atoms with E-state index in [9.17, 15) is 14.4 Å². The van der Waals surface area contributed by atoms with Gasteiger partial charge >= 0.3 is 6.09 Å². The predicted molar refractivity (Wildman–Crippen MR) is 101 cm³/mol. The molecule has 2 fully saturated rings. The lowest BCUT2D eigenvalue weighted by molar-refractivity contribution is -0.000841. The van der Waals surface area contributed by atoms with E-state index in [1.165, 1.54) is 4.90 Å². The smallest absolute Gasteiger partial charge is 0.410 e. The van der Waals surface area contributed by atoms with E-state index in [-0.39, 0.29) is 29.4 Å². The molecule has 150 valence electrons. The summed E-state index contributed by atoms with van der Waals surface area (Å²) in [5, 5.41) is 0. The van der Waals surface area contributed by atoms with Crippen LogP contribution in [0.3, 0.4) is 0 Å². The Kier molecular flexibility index (Phi) is 4.45. The molecule has 3 aliphatic rings. The van der Waals surface area contributed by atoms with Crippen LogP contribution in [0, 0.1) is 5.41 Å². The zero-order valence-electron chi connectivity index (χ0n) is 16.6. The Morgan fingerprint density at radius 1 is 1.11 bits per heavy atom. The summed E-state index contributed by atoms with van der Waals surface area (Å²) in [5.74, 6) is -0.491. The van der Waals surface area contributed by atoms with Gasteiger partial charge in [-0.05, 0) is 45.7 Å². The Labute approximate surface area is 164 Å². The first-order valence-corrected chi connectivity index (χ1v) is 9.74. The summed E-state index contributed by atoms with van der Waals surface area (Å²) >= 11 is 0. The maximum absolute atomic E-state index is 12.9. The number of imide groups is 1. The molecule has 3 aliphatic heterocycles. The van der Waals surface area contributed by atoms with Crippen molar-refractivity contribution in [1.29, 1.82) is 0 Å². The van der Waals surface area contributed by atoms with Gasteiger partial charge in [0.25, 0.3) is 11.8 Å². The predicted octanol–water partition coefficient (Wildman–Crippen LogP) is 2.70. The van der Waals surface area contributed by atoms with Crippen molar-refractivity contribution in [1.82, 2.24) is 9.80 Å². The van der Waals surface area contributed by atoms with Gasteiger partial charge in [0.1, 0.15) is 5.60 Å². The van der Waals surface area contributed by atoms with Crippen molar-refractivity contribution in [3.63, 3.8) is 0 Å². The topological polar surface area (TPSA) is 76.2 Å². The van der Waals surface area contributed by atoms with Crippen LogP contribution in [0.25, 0.3) is 0 Å². The summed E-state index contributed by atoms with van der Waals surface area (Å²) in [6.45, 7) is 7.43. The van der Waals surface area contributed by atoms with E-state index in [2.05, 4.69) is 0 Å². The first-order valence-electron chi connectivity index (χ1n) is 9.74. The number of benzene rings is 1. The fourth-order valence-electron chi connectivity index (χ4n) is 4.42. The Hall–Kier alpha value is -2.41. The second-order valence-electron chi connectivity index (χ2n) is 8.89. The Morgan fingerprint density at radius 2 is 1.68 bits per heavy atom. The van der Waals surface area contributed by atoms with Gasteiger partial charge in [0, 0.05) is 18.5 Å². The molecule has 1 aromatic carbocycles. The Bertz CT molecular complexity index is 785. The Morgan fingerprint density at radius 3 is 2.21 bits per heavy atom. The van der Waals surface area contributed by atoms with Gasteiger partial charge in [-0.25, -0.2) is 4.79 Å². The highest BCUT2D eigenvalue weighted by Crippen LogP contribution is 2.44. The number of piperidine rings is 1. The van der Waals surface area contributed by atoms with Crippen molar-refractivity contribution in [2.75, 3.05) is 26.3 Å². The number of nitrogens with zero attached hydrogens (tertiary/aromatic N) is 2. The van der Waals surface area contributed by atoms with E-state index >= 15 is 0 Å². The summed E-state index contributed by atoms with van der Waals surface area (Å²) in [6, 6.07) is 6.63. The molecule has 1 unspecified atom stereocenters. The lowest BCUT2D eigenvalue weighted by atomic mass is 9.74. The lowest BCUT2D eigenvalue weighted by Gasteiger charge is -2.43. The number of hydrogen-bond donors (Lipinski definition) is 0. The van der Waals surface area contributed by atoms with Crippen molar-refractivity contribution in [3.05, 3.63) is 35.4 Å². The average molecular weight is 386 g/mol. The number of hydrogen-bond acceptors (Lipinski definition) is 5. The number of ether oxygens (including phenoxy) is 2. The van der Waals surface area contributed by atoms with E-state index in [1.807, 2.05) is 20.8 Å². The lowest BCUT2D eigenvalue weighted by Crippen LogP contribution is -2.55. The van der Waals surface area contributed by atoms with E-state index in [4.69, 9.17) is 9.47 Å². The van der Waals surface area contributed by atoms with Crippen LogP contribution in [-0.2, 0) is 9.47 Å². The van der Waals surface area contributed by atoms with Gasteiger partial charge in [-0.3, -0.25) is 14.5 Å². The van der Waals surface area contributed by atoms with Gasteiger partial charge in [-0.2, -0.15) is 0 Å². The van der Waals surface area contributed by atoms with Crippen molar-refractivity contribution < 1.29 is 23.9 Å². The first-order chi connectivity index (χ1) is 13.2. The molecule has 0 N–H and O–H groups in total. The number of carbonyl (C=O) groups excluding carboxylic acids is 3. The van der Waals surface area contributed by atoms with E-state index in [0.717, 1.165) is 0 Å². The fourth-order valence-corrected chi connectivity index (χ4v) is 4.42. The minimum absolute atomic E-state index is 0.245. The Balaban J connectivity index is 1.50. The van der Waals surface area contributed by atoms with E-state index < -0.39 is 5.60 Å². The molecule has 0 saturated carbocycles. The van der Waals surface area contributed by atoms with Crippen LogP contribution in [0.4, 0.5) is 4.79 Å². The minimum Gasteiger partial charge on any atom is -0.444 e. The van der Waals surface area contributed by atoms with E-state index in [0.29, 0.717) is 50.3 Å². The molecule has 3 amide bonds. The number of amides is 3. The number of rotatable bonds is 1. The quantitative estimate of drug-likeness (QED) is 0.694. The van der Waals surface area contributed by atoms with Crippen LogP contribution in [-0.4, -0.2) is 65.7 Å². The highest BCUT2D eigenvalue weighted by atomic mass is 16.6. The zero-order valence-corrected chi connectivity index (χ0v) is 16.6. The monoisotopic (exact) mass is 386 g/mol. The SMILES string of the molecule is CC(C)(C)OC(=O)N1CCC2(CC1)COCC2N1C(=O)c2ccccc2C1=O. The second-order valence-corrected chi connectivity index (χ2v) is 8.89. The average Bonchev–Trinajstić information content (AvgIpc) is 3.14. The zero-order chi connectivity index (χ0) is 20.1. The summed E-state index contributed by atoms with van der Waals surface area (Å²) in [5.41, 5.74) is 0.0681. The van der Waals surface area contributed by atoms with Gasteiger partial charge in [0.2, 0.25) is 0 Å². The van der Waals surface area contributed by atoms with Gasteiger partial charge in [0.05, 0.1) is 30.4 Å². The van der Waals surface area contributed by atoms with Crippen molar-refractivity contribution in [2.45, 2.75) is 45.3 Å². The summed E-state index contributed by atoms with van der Waals surface area (Å²) < 4.78 is 11.2. The highest BCUT2D eigenvalue weighted by molar-refractivity contribution is 6.21. The molecule has 2 saturated heterocycles. The summed E-state index contributed by atoms with van der Waals surface area (Å²) in [4.78, 5) is 41.3. The minimum atomic E-state index is -0.536. The largest absolute Gasteiger partial charge is 0.444 e. The van der Waals surface area contributed by atoms with Gasteiger partial charge in [0.15, 0.2) is 0 Å². The van der Waals surface area contributed by atoms with Gasteiger partial charge in [-0.15, -0.1) is 0 Å². The van der Waals surface area contributed by atoms with Crippen LogP contribution >= 0.6 is 0 Å². The molecule has 0 radical (unpaired) electrons. The molecule has 1 spiro atoms. The van der Waals surface area contributed by atoms with Gasteiger partial charge in [-0.1, -0.05) is 12.1 Å². The third-order valence-corrected chi connectivity index (χ3v) is 5.92. The van der Waals surface area contributed by atoms with Gasteiger partial charge < -0.3 is 14.4 Å². The molecule has 3 heterocycles. The van der Waals surface area contributed by atoms with Crippen LogP contribution < -0.4 is 0 Å². The molecule has 0 bridgehead atoms. The molecule has 4 rings (SSSR count). The summed E-state index contributed by atoms with van der Waals surface area (Å²) in [6.07, 6.45) is 1.02. The van der Waals surface area contributed by atoms with Crippen LogP contribution in [0.1, 0.15) is 54.3 Å². The van der Waals surface area contributed by atoms with Crippen molar-refractivity contribution in [2.24, 2.45) is 5.41 Å².